The van der Waals surface area contributed by atoms with E-state index >= 15 is 0 Å². The van der Waals surface area contributed by atoms with Crippen LogP contribution in [0.3, 0.4) is 0 Å². The normalized spacial score (nSPS) is 28.3. The number of halogens is 1. The van der Waals surface area contributed by atoms with Crippen LogP contribution in [-0.4, -0.2) is 64.9 Å². The van der Waals surface area contributed by atoms with Crippen molar-refractivity contribution in [2.75, 3.05) is 31.6 Å². The molecule has 2 aromatic rings. The first-order valence-corrected chi connectivity index (χ1v) is 14.9. The van der Waals surface area contributed by atoms with Crippen LogP contribution < -0.4 is 9.64 Å². The number of hydrogen-bond acceptors (Lipinski definition) is 6. The summed E-state index contributed by atoms with van der Waals surface area (Å²) in [6, 6.07) is 10.7. The maximum atomic E-state index is 13.0. The second-order valence-electron chi connectivity index (χ2n) is 11.7. The first-order valence-electron chi connectivity index (χ1n) is 14.5. The van der Waals surface area contributed by atoms with Gasteiger partial charge in [-0.25, -0.2) is 4.79 Å². The van der Waals surface area contributed by atoms with Gasteiger partial charge in [0, 0.05) is 31.7 Å². The molecule has 1 fully saturated rings. The number of carboxylic acid groups (broad SMARTS) is 1. The van der Waals surface area contributed by atoms with Gasteiger partial charge in [0.15, 0.2) is 5.60 Å². The number of carbonyl (C=O) groups is 2. The molecule has 5 rings (SSSR count). The van der Waals surface area contributed by atoms with E-state index in [9.17, 15) is 24.9 Å². The minimum atomic E-state index is -2.40. The third kappa shape index (κ3) is 6.40. The van der Waals surface area contributed by atoms with Gasteiger partial charge in [-0.3, -0.25) is 4.79 Å². The number of rotatable bonds is 1. The zero-order chi connectivity index (χ0) is 29.1. The number of aryl methyl sites for hydroxylation is 1. The van der Waals surface area contributed by atoms with Crippen LogP contribution in [0, 0.1) is 11.8 Å². The number of aliphatic carboxylic acids is 1. The van der Waals surface area contributed by atoms with Crippen molar-refractivity contribution >= 4 is 29.2 Å². The molecule has 2 heterocycles. The lowest BCUT2D eigenvalue weighted by molar-refractivity contribution is -0.164. The van der Waals surface area contributed by atoms with Gasteiger partial charge < -0.3 is 29.9 Å². The minimum absolute atomic E-state index is 0.117. The van der Waals surface area contributed by atoms with Gasteiger partial charge in [0.1, 0.15) is 12.4 Å². The summed E-state index contributed by atoms with van der Waals surface area (Å²) in [6.07, 6.45) is 7.65. The fourth-order valence-corrected chi connectivity index (χ4v) is 6.37. The van der Waals surface area contributed by atoms with Crippen molar-refractivity contribution in [3.8, 4) is 5.75 Å². The molecule has 3 N–H and O–H groups in total. The quantitative estimate of drug-likeness (QED) is 0.424. The van der Waals surface area contributed by atoms with Crippen LogP contribution >= 0.6 is 11.6 Å². The van der Waals surface area contributed by atoms with Crippen molar-refractivity contribution < 1.29 is 29.6 Å². The van der Waals surface area contributed by atoms with E-state index in [1.165, 1.54) is 4.90 Å². The molecule has 2 aromatic carbocycles. The van der Waals surface area contributed by atoms with E-state index in [-0.39, 0.29) is 17.4 Å². The largest absolute Gasteiger partial charge is 0.487 e. The van der Waals surface area contributed by atoms with Crippen LogP contribution in [0.1, 0.15) is 55.2 Å². The van der Waals surface area contributed by atoms with Crippen molar-refractivity contribution in [2.24, 2.45) is 11.8 Å². The zero-order valence-corrected chi connectivity index (χ0v) is 24.2. The second kappa shape index (κ2) is 12.4. The van der Waals surface area contributed by atoms with Gasteiger partial charge >= 0.3 is 5.97 Å². The molecule has 9 heteroatoms. The van der Waals surface area contributed by atoms with E-state index in [4.69, 9.17) is 16.3 Å². The molecule has 1 aliphatic carbocycles. The second-order valence-corrected chi connectivity index (χ2v) is 12.1. The number of anilines is 1. The predicted octanol–water partition coefficient (Wildman–Crippen LogP) is 4.53. The van der Waals surface area contributed by atoms with Gasteiger partial charge in [-0.2, -0.15) is 0 Å². The number of fused-ring (bicyclic) bond motifs is 3. The fraction of sp³-hybridized carbons (Fsp3) is 0.500. The number of ether oxygens (including phenoxy) is 1. The van der Waals surface area contributed by atoms with Crippen molar-refractivity contribution in [1.82, 2.24) is 4.90 Å². The maximum absolute atomic E-state index is 13.0. The van der Waals surface area contributed by atoms with Gasteiger partial charge in [0.2, 0.25) is 5.91 Å². The number of aliphatic hydroxyl groups is 2. The van der Waals surface area contributed by atoms with Gasteiger partial charge in [0.25, 0.3) is 0 Å². The molecule has 41 heavy (non-hydrogen) atoms. The smallest absolute Gasteiger partial charge is 0.340 e. The zero-order valence-electron chi connectivity index (χ0n) is 23.5. The van der Waals surface area contributed by atoms with Gasteiger partial charge in [-0.15, -0.1) is 0 Å². The van der Waals surface area contributed by atoms with Crippen molar-refractivity contribution in [2.45, 2.75) is 63.3 Å². The van der Waals surface area contributed by atoms with E-state index in [1.807, 2.05) is 30.4 Å². The van der Waals surface area contributed by atoms with E-state index in [1.54, 1.807) is 25.2 Å². The SMILES string of the molecule is CN1CC/C=C/[C@H](O)[C@@H]2CC[C@H]2CN2CCCCc3cc(Cl)ccc3COc3ccc(cc32)[C@](O)(C(=O)O)CC1=O. The Kier molecular flexibility index (Phi) is 8.92. The van der Waals surface area contributed by atoms with Gasteiger partial charge in [-0.1, -0.05) is 35.9 Å². The number of carbonyl (C=O) groups excluding carboxylic acids is 1. The lowest BCUT2D eigenvalue weighted by Crippen LogP contribution is -2.44. The Labute approximate surface area is 246 Å². The summed E-state index contributed by atoms with van der Waals surface area (Å²) in [5, 5.41) is 33.3. The van der Waals surface area contributed by atoms with Crippen molar-refractivity contribution in [3.05, 3.63) is 70.3 Å². The Morgan fingerprint density at radius 1 is 1.10 bits per heavy atom. The third-order valence-corrected chi connectivity index (χ3v) is 9.21. The highest BCUT2D eigenvalue weighted by Gasteiger charge is 2.42. The fourth-order valence-electron chi connectivity index (χ4n) is 6.18. The summed E-state index contributed by atoms with van der Waals surface area (Å²) >= 11 is 6.29. The molecule has 4 atom stereocenters. The number of aliphatic hydroxyl groups excluding tert-OH is 1. The summed E-state index contributed by atoms with van der Waals surface area (Å²) in [7, 11) is 1.59. The minimum Gasteiger partial charge on any atom is -0.487 e. The summed E-state index contributed by atoms with van der Waals surface area (Å²) in [5.74, 6) is -1.01. The highest BCUT2D eigenvalue weighted by atomic mass is 35.5. The first kappa shape index (κ1) is 29.4. The highest BCUT2D eigenvalue weighted by Crippen LogP contribution is 2.42. The number of benzene rings is 2. The Hall–Kier alpha value is -3.07. The van der Waals surface area contributed by atoms with Gasteiger partial charge in [-0.05, 0) is 91.3 Å². The van der Waals surface area contributed by atoms with Crippen LogP contribution in [0.2, 0.25) is 5.02 Å². The molecule has 8 nitrogen and oxygen atoms in total. The molecular formula is C32H39ClN2O6. The number of hydrogen-bond donors (Lipinski definition) is 3. The Bertz CT molecular complexity index is 1320. The molecule has 0 saturated heterocycles. The summed E-state index contributed by atoms with van der Waals surface area (Å²) in [4.78, 5) is 29.1. The van der Waals surface area contributed by atoms with E-state index < -0.39 is 30.0 Å². The third-order valence-electron chi connectivity index (χ3n) is 8.97. The first-order chi connectivity index (χ1) is 19.7. The Morgan fingerprint density at radius 2 is 1.93 bits per heavy atom. The number of carboxylic acids is 1. The van der Waals surface area contributed by atoms with E-state index in [2.05, 4.69) is 4.90 Å². The molecule has 0 unspecified atom stereocenters. The van der Waals surface area contributed by atoms with Crippen LogP contribution in [0.4, 0.5) is 5.69 Å². The molecule has 3 aliphatic rings. The van der Waals surface area contributed by atoms with E-state index in [0.29, 0.717) is 49.1 Å². The molecule has 0 radical (unpaired) electrons. The monoisotopic (exact) mass is 582 g/mol. The summed E-state index contributed by atoms with van der Waals surface area (Å²) < 4.78 is 6.37. The maximum Gasteiger partial charge on any atom is 0.340 e. The van der Waals surface area contributed by atoms with Crippen LogP contribution in [0.5, 0.6) is 5.75 Å². The molecule has 2 bridgehead atoms. The van der Waals surface area contributed by atoms with Crippen LogP contribution in [0.15, 0.2) is 48.6 Å². The standard InChI is InChI=1S/C32H39ClN2O6/c1-34-14-4-3-7-28(36)26-12-9-22(26)19-35-15-5-2-6-21-16-25(33)11-8-23(21)20-41-29-13-10-24(17-27(29)35)32(40,31(38)39)18-30(34)37/h3,7-8,10-11,13,16-17,22,26,28,36,40H,2,4-6,9,12,14-15,18-20H2,1H3,(H,38,39)/b7-3+/t22-,26+,28-,32-/m0/s1. The highest BCUT2D eigenvalue weighted by molar-refractivity contribution is 6.30. The molecule has 2 aliphatic heterocycles. The average molecular weight is 583 g/mol. The van der Waals surface area contributed by atoms with Crippen molar-refractivity contribution in [3.63, 3.8) is 0 Å². The molecular weight excluding hydrogens is 544 g/mol. The molecule has 220 valence electrons. The topological polar surface area (TPSA) is 111 Å². The average Bonchev–Trinajstić information content (AvgIpc) is 2.95. The summed E-state index contributed by atoms with van der Waals surface area (Å²) in [5.41, 5.74) is 0.606. The lowest BCUT2D eigenvalue weighted by atomic mass is 9.70. The lowest BCUT2D eigenvalue weighted by Gasteiger charge is -2.43. The number of nitrogens with zero attached hydrogens (tertiary/aromatic N) is 2. The van der Waals surface area contributed by atoms with Gasteiger partial charge in [0.05, 0.1) is 18.2 Å². The Balaban J connectivity index is 1.58. The number of amides is 1. The molecule has 1 saturated carbocycles. The van der Waals surface area contributed by atoms with Crippen LogP contribution in [-0.2, 0) is 28.2 Å². The molecule has 1 amide bonds. The van der Waals surface area contributed by atoms with Crippen LogP contribution in [0.25, 0.3) is 0 Å². The summed E-state index contributed by atoms with van der Waals surface area (Å²) in [6.45, 7) is 2.03. The molecule has 0 aromatic heterocycles. The van der Waals surface area contributed by atoms with E-state index in [0.717, 1.165) is 43.2 Å². The predicted molar refractivity (Wildman–Crippen MR) is 157 cm³/mol. The molecule has 0 spiro atoms. The van der Waals surface area contributed by atoms with Crippen molar-refractivity contribution in [1.29, 1.82) is 0 Å². The Morgan fingerprint density at radius 3 is 2.68 bits per heavy atom.